The zero-order valence-electron chi connectivity index (χ0n) is 15.3. The van der Waals surface area contributed by atoms with Crippen LogP contribution < -0.4 is 10.2 Å². The Morgan fingerprint density at radius 1 is 1.37 bits per heavy atom. The number of hydrogen-bond donors (Lipinski definition) is 2. The van der Waals surface area contributed by atoms with Crippen molar-refractivity contribution in [3.05, 3.63) is 54.4 Å². The molecule has 0 bridgehead atoms. The fourth-order valence-electron chi connectivity index (χ4n) is 2.70. The molecular weight excluding hydrogens is 344 g/mol. The summed E-state index contributed by atoms with van der Waals surface area (Å²) < 4.78 is 7.29. The number of ether oxygens (including phenoxy) is 1. The molecule has 7 nitrogen and oxygen atoms in total. The number of nitrogens with one attached hydrogen (secondary N) is 1. The van der Waals surface area contributed by atoms with Gasteiger partial charge in [-0.1, -0.05) is 19.1 Å². The van der Waals surface area contributed by atoms with Crippen molar-refractivity contribution in [1.82, 2.24) is 15.0 Å². The topological polar surface area (TPSA) is 88.7 Å². The van der Waals surface area contributed by atoms with Crippen molar-refractivity contribution < 1.29 is 14.6 Å². The molecule has 0 fully saturated rings. The van der Waals surface area contributed by atoms with Gasteiger partial charge in [0.05, 0.1) is 36.1 Å². The maximum Gasteiger partial charge on any atom is 0.244 e. The van der Waals surface area contributed by atoms with E-state index in [0.717, 1.165) is 11.0 Å². The Bertz CT molecular complexity index is 965. The highest BCUT2D eigenvalue weighted by Gasteiger charge is 2.14. The van der Waals surface area contributed by atoms with Crippen molar-refractivity contribution in [1.29, 1.82) is 0 Å². The first kappa shape index (κ1) is 18.4. The van der Waals surface area contributed by atoms with Crippen LogP contribution in [0.1, 0.15) is 19.4 Å². The number of fused-ring (bicyclic) bond motifs is 1. The summed E-state index contributed by atoms with van der Waals surface area (Å²) in [5, 5.41) is 13.7. The Morgan fingerprint density at radius 2 is 2.19 bits per heavy atom. The number of para-hydroxylation sites is 2. The fourth-order valence-corrected chi connectivity index (χ4v) is 2.70. The normalized spacial score (nSPS) is 12.4. The van der Waals surface area contributed by atoms with Gasteiger partial charge in [-0.25, -0.2) is 10.4 Å². The van der Waals surface area contributed by atoms with Gasteiger partial charge in [0, 0.05) is 6.54 Å². The van der Waals surface area contributed by atoms with E-state index in [-0.39, 0.29) is 17.6 Å². The highest BCUT2D eigenvalue weighted by molar-refractivity contribution is 5.84. The van der Waals surface area contributed by atoms with Gasteiger partial charge in [0.25, 0.3) is 0 Å². The lowest BCUT2D eigenvalue weighted by Gasteiger charge is -2.11. The van der Waals surface area contributed by atoms with E-state index in [1.807, 2.05) is 42.7 Å². The second-order valence-electron chi connectivity index (χ2n) is 6.18. The molecule has 27 heavy (non-hydrogen) atoms. The number of hydrazone groups is 1. The number of aromatic hydroxyl groups is 1. The van der Waals surface area contributed by atoms with Crippen LogP contribution in [0, 0.1) is 5.92 Å². The Labute approximate surface area is 157 Å². The van der Waals surface area contributed by atoms with Crippen molar-refractivity contribution in [2.75, 3.05) is 6.61 Å². The molecule has 2 aromatic carbocycles. The lowest BCUT2D eigenvalue weighted by Crippen LogP contribution is -2.27. The van der Waals surface area contributed by atoms with E-state index in [4.69, 9.17) is 4.74 Å². The van der Waals surface area contributed by atoms with E-state index in [0.29, 0.717) is 24.5 Å². The molecule has 1 atom stereocenters. The van der Waals surface area contributed by atoms with E-state index in [2.05, 4.69) is 15.5 Å². The summed E-state index contributed by atoms with van der Waals surface area (Å²) in [5.41, 5.74) is 5.16. The molecular formula is C20H22N4O3. The molecule has 0 radical (unpaired) electrons. The summed E-state index contributed by atoms with van der Waals surface area (Å²) in [6.07, 6.45) is 3.25. The molecule has 1 aromatic heterocycles. The number of benzene rings is 2. The number of phenols is 1. The van der Waals surface area contributed by atoms with E-state index in [1.165, 1.54) is 12.3 Å². The Balaban J connectivity index is 1.60. The van der Waals surface area contributed by atoms with Gasteiger partial charge < -0.3 is 14.4 Å². The van der Waals surface area contributed by atoms with Gasteiger partial charge in [0.1, 0.15) is 0 Å². The number of hydrogen-bond acceptors (Lipinski definition) is 5. The van der Waals surface area contributed by atoms with Crippen LogP contribution >= 0.6 is 0 Å². The van der Waals surface area contributed by atoms with Crippen molar-refractivity contribution in [2.45, 2.75) is 20.4 Å². The van der Waals surface area contributed by atoms with Crippen LogP contribution in [0.15, 0.2) is 53.9 Å². The molecule has 0 saturated carbocycles. The third-order valence-corrected chi connectivity index (χ3v) is 4.12. The molecule has 140 valence electrons. The van der Waals surface area contributed by atoms with Gasteiger partial charge in [-0.05, 0) is 42.8 Å². The lowest BCUT2D eigenvalue weighted by molar-refractivity contribution is -0.124. The molecule has 0 aliphatic carbocycles. The van der Waals surface area contributed by atoms with Crippen molar-refractivity contribution in [3.8, 4) is 11.5 Å². The van der Waals surface area contributed by atoms with Crippen LogP contribution in [-0.2, 0) is 11.3 Å². The van der Waals surface area contributed by atoms with Crippen molar-refractivity contribution >= 4 is 23.2 Å². The van der Waals surface area contributed by atoms with E-state index in [9.17, 15) is 9.90 Å². The predicted octanol–water partition coefficient (Wildman–Crippen LogP) is 2.93. The summed E-state index contributed by atoms with van der Waals surface area (Å²) in [5.74, 6) is -0.0150. The van der Waals surface area contributed by atoms with Crippen molar-refractivity contribution in [3.63, 3.8) is 0 Å². The minimum absolute atomic E-state index is 0.0687. The van der Waals surface area contributed by atoms with E-state index < -0.39 is 0 Å². The molecule has 0 spiro atoms. The van der Waals surface area contributed by atoms with Gasteiger partial charge in [0.15, 0.2) is 11.5 Å². The number of carbonyl (C=O) groups is 1. The summed E-state index contributed by atoms with van der Waals surface area (Å²) in [4.78, 5) is 16.6. The molecule has 1 heterocycles. The van der Waals surface area contributed by atoms with Crippen LogP contribution in [0.5, 0.6) is 11.5 Å². The number of phenolic OH excluding ortho intramolecular Hbond substituents is 1. The maximum atomic E-state index is 12.3. The first-order valence-electron chi connectivity index (χ1n) is 8.77. The molecule has 2 N–H and O–H groups in total. The monoisotopic (exact) mass is 366 g/mol. The highest BCUT2D eigenvalue weighted by Crippen LogP contribution is 2.26. The van der Waals surface area contributed by atoms with Crippen LogP contribution in [0.3, 0.4) is 0 Å². The van der Waals surface area contributed by atoms with Gasteiger partial charge in [-0.15, -0.1) is 0 Å². The fraction of sp³-hybridized carbons (Fsp3) is 0.250. The second-order valence-corrected chi connectivity index (χ2v) is 6.18. The van der Waals surface area contributed by atoms with Crippen molar-refractivity contribution in [2.24, 2.45) is 11.0 Å². The van der Waals surface area contributed by atoms with Crippen LogP contribution in [-0.4, -0.2) is 33.4 Å². The van der Waals surface area contributed by atoms with Gasteiger partial charge in [0.2, 0.25) is 5.91 Å². The second kappa shape index (κ2) is 8.35. The Morgan fingerprint density at radius 3 is 3.00 bits per heavy atom. The Hall–Kier alpha value is -3.35. The number of amides is 1. The smallest absolute Gasteiger partial charge is 0.244 e. The van der Waals surface area contributed by atoms with E-state index in [1.54, 1.807) is 18.5 Å². The standard InChI is InChI=1S/C20H22N4O3/c1-3-27-19-10-15(8-9-18(19)25)11-22-23-20(26)14(2)12-24-13-21-16-6-4-5-7-17(16)24/h4-11,13-14,25H,3,12H2,1-2H3,(H,23,26)/b22-11+. The van der Waals surface area contributed by atoms with Crippen LogP contribution in [0.4, 0.5) is 0 Å². The summed E-state index contributed by atoms with van der Waals surface area (Å²) >= 11 is 0. The predicted molar refractivity (Wildman–Crippen MR) is 104 cm³/mol. The summed E-state index contributed by atoms with van der Waals surface area (Å²) in [6, 6.07) is 12.7. The third-order valence-electron chi connectivity index (χ3n) is 4.12. The molecule has 0 aliphatic heterocycles. The van der Waals surface area contributed by atoms with Gasteiger partial charge >= 0.3 is 0 Å². The van der Waals surface area contributed by atoms with Crippen LogP contribution in [0.25, 0.3) is 11.0 Å². The number of carbonyl (C=O) groups excluding carboxylic acids is 1. The first-order valence-corrected chi connectivity index (χ1v) is 8.77. The molecule has 1 amide bonds. The molecule has 0 aliphatic rings. The average Bonchev–Trinajstić information content (AvgIpc) is 3.07. The summed E-state index contributed by atoms with van der Waals surface area (Å²) in [7, 11) is 0. The largest absolute Gasteiger partial charge is 0.504 e. The quantitative estimate of drug-likeness (QED) is 0.497. The zero-order valence-corrected chi connectivity index (χ0v) is 15.3. The molecule has 0 saturated heterocycles. The minimum atomic E-state index is -0.279. The zero-order chi connectivity index (χ0) is 19.2. The number of nitrogens with zero attached hydrogens (tertiary/aromatic N) is 3. The SMILES string of the molecule is CCOc1cc(/C=N/NC(=O)C(C)Cn2cnc3ccccc32)ccc1O. The minimum Gasteiger partial charge on any atom is -0.504 e. The van der Waals surface area contributed by atoms with E-state index >= 15 is 0 Å². The highest BCUT2D eigenvalue weighted by atomic mass is 16.5. The molecule has 1 unspecified atom stereocenters. The Kier molecular flexibility index (Phi) is 5.71. The first-order chi connectivity index (χ1) is 13.1. The van der Waals surface area contributed by atoms with Gasteiger partial charge in [-0.3, -0.25) is 4.79 Å². The lowest BCUT2D eigenvalue weighted by atomic mass is 10.1. The maximum absolute atomic E-state index is 12.3. The molecule has 7 heteroatoms. The summed E-state index contributed by atoms with van der Waals surface area (Å²) in [6.45, 7) is 4.64. The molecule has 3 rings (SSSR count). The number of aromatic nitrogens is 2. The van der Waals surface area contributed by atoms with Gasteiger partial charge in [-0.2, -0.15) is 5.10 Å². The third kappa shape index (κ3) is 4.44. The molecule has 3 aromatic rings. The number of rotatable bonds is 7. The number of imidazole rings is 1. The average molecular weight is 366 g/mol. The van der Waals surface area contributed by atoms with Crippen LogP contribution in [0.2, 0.25) is 0 Å².